The zero-order valence-electron chi connectivity index (χ0n) is 7.88. The highest BCUT2D eigenvalue weighted by Crippen LogP contribution is 2.34. The molecule has 70 valence electrons. The topological polar surface area (TPSA) is 37.0 Å². The molecule has 3 nitrogen and oxygen atoms in total. The number of pyridine rings is 1. The molecule has 1 aliphatic carbocycles. The Bertz CT molecular complexity index is 267. The Morgan fingerprint density at radius 3 is 2.92 bits per heavy atom. The third kappa shape index (κ3) is 1.98. The van der Waals surface area contributed by atoms with Crippen molar-refractivity contribution in [3.8, 4) is 0 Å². The van der Waals surface area contributed by atoms with Gasteiger partial charge in [-0.25, -0.2) is 0 Å². The summed E-state index contributed by atoms with van der Waals surface area (Å²) in [7, 11) is 2.03. The lowest BCUT2D eigenvalue weighted by atomic mass is 10.2. The predicted molar refractivity (Wildman–Crippen MR) is 53.8 cm³/mol. The smallest absolute Gasteiger partial charge is 0.0527 e. The van der Waals surface area contributed by atoms with Gasteiger partial charge in [0.1, 0.15) is 0 Å². The maximum Gasteiger partial charge on any atom is 0.0527 e. The van der Waals surface area contributed by atoms with E-state index >= 15 is 0 Å². The third-order valence-corrected chi connectivity index (χ3v) is 2.68. The van der Waals surface area contributed by atoms with Crippen molar-refractivity contribution in [2.45, 2.75) is 18.4 Å². The highest BCUT2D eigenvalue weighted by Gasteiger charge is 2.40. The summed E-state index contributed by atoms with van der Waals surface area (Å²) in [6.07, 6.45) is 6.19. The molecular formula is C10H15N3. The summed E-state index contributed by atoms with van der Waals surface area (Å²) < 4.78 is 0. The van der Waals surface area contributed by atoms with Crippen molar-refractivity contribution in [1.82, 2.24) is 10.3 Å². The Hall–Kier alpha value is -1.09. The molecule has 1 aromatic rings. The molecule has 2 rings (SSSR count). The molecule has 0 bridgehead atoms. The molecule has 0 atom stereocenters. The first-order valence-corrected chi connectivity index (χ1v) is 4.67. The number of nitrogens with zero attached hydrogens (tertiary/aromatic N) is 1. The molecule has 0 aromatic carbocycles. The van der Waals surface area contributed by atoms with Crippen LogP contribution < -0.4 is 10.6 Å². The lowest BCUT2D eigenvalue weighted by Crippen LogP contribution is -2.34. The minimum Gasteiger partial charge on any atom is -0.382 e. The maximum absolute atomic E-state index is 4.05. The van der Waals surface area contributed by atoms with Crippen LogP contribution in [-0.2, 0) is 0 Å². The van der Waals surface area contributed by atoms with E-state index in [0.29, 0.717) is 5.54 Å². The Morgan fingerprint density at radius 2 is 2.38 bits per heavy atom. The van der Waals surface area contributed by atoms with Crippen molar-refractivity contribution < 1.29 is 0 Å². The molecule has 1 aliphatic rings. The summed E-state index contributed by atoms with van der Waals surface area (Å²) in [5, 5.41) is 6.71. The van der Waals surface area contributed by atoms with E-state index in [1.807, 2.05) is 25.4 Å². The van der Waals surface area contributed by atoms with Crippen molar-refractivity contribution in [2.75, 3.05) is 18.9 Å². The Labute approximate surface area is 78.6 Å². The lowest BCUT2D eigenvalue weighted by Gasteiger charge is -2.15. The zero-order chi connectivity index (χ0) is 9.15. The molecule has 0 aliphatic heterocycles. The minimum absolute atomic E-state index is 0.357. The molecule has 0 spiro atoms. The van der Waals surface area contributed by atoms with Crippen molar-refractivity contribution in [1.29, 1.82) is 0 Å². The number of likely N-dealkylation sites (N-methyl/N-ethyl adjacent to an activating group) is 1. The van der Waals surface area contributed by atoms with Gasteiger partial charge in [-0.3, -0.25) is 4.98 Å². The largest absolute Gasteiger partial charge is 0.382 e. The average Bonchev–Trinajstić information content (AvgIpc) is 2.97. The predicted octanol–water partition coefficient (Wildman–Crippen LogP) is 1.25. The molecule has 0 saturated heterocycles. The number of anilines is 1. The maximum atomic E-state index is 4.05. The van der Waals surface area contributed by atoms with E-state index in [4.69, 9.17) is 0 Å². The SMILES string of the molecule is CNC1(CNc2cccnc2)CC1. The summed E-state index contributed by atoms with van der Waals surface area (Å²) in [6.45, 7) is 0.995. The number of hydrogen-bond donors (Lipinski definition) is 2. The number of rotatable bonds is 4. The third-order valence-electron chi connectivity index (χ3n) is 2.68. The standard InChI is InChI=1S/C10H15N3/c1-11-10(4-5-10)8-13-9-3-2-6-12-7-9/h2-3,6-7,11,13H,4-5,8H2,1H3. The molecule has 0 unspecified atom stereocenters. The molecule has 1 aromatic heterocycles. The molecule has 0 radical (unpaired) electrons. The fraction of sp³-hybridized carbons (Fsp3) is 0.500. The van der Waals surface area contributed by atoms with Gasteiger partial charge in [-0.05, 0) is 32.0 Å². The molecule has 0 amide bonds. The van der Waals surface area contributed by atoms with Crippen LogP contribution in [0.1, 0.15) is 12.8 Å². The number of nitrogens with one attached hydrogen (secondary N) is 2. The number of aromatic nitrogens is 1. The second kappa shape index (κ2) is 3.34. The van der Waals surface area contributed by atoms with Gasteiger partial charge in [-0.15, -0.1) is 0 Å². The van der Waals surface area contributed by atoms with E-state index in [9.17, 15) is 0 Å². The average molecular weight is 177 g/mol. The van der Waals surface area contributed by atoms with Crippen LogP contribution in [0.3, 0.4) is 0 Å². The molecule has 3 heteroatoms. The summed E-state index contributed by atoms with van der Waals surface area (Å²) in [5.74, 6) is 0. The van der Waals surface area contributed by atoms with Crippen LogP contribution in [0.25, 0.3) is 0 Å². The van der Waals surface area contributed by atoms with Crippen LogP contribution in [-0.4, -0.2) is 24.1 Å². The second-order valence-corrected chi connectivity index (χ2v) is 3.63. The number of hydrogen-bond acceptors (Lipinski definition) is 3. The Balaban J connectivity index is 1.86. The van der Waals surface area contributed by atoms with Gasteiger partial charge >= 0.3 is 0 Å². The van der Waals surface area contributed by atoms with Gasteiger partial charge in [-0.1, -0.05) is 0 Å². The van der Waals surface area contributed by atoms with Gasteiger partial charge < -0.3 is 10.6 Å². The van der Waals surface area contributed by atoms with Crippen LogP contribution >= 0.6 is 0 Å². The summed E-state index contributed by atoms with van der Waals surface area (Å²) in [5.41, 5.74) is 1.46. The molecule has 2 N–H and O–H groups in total. The van der Waals surface area contributed by atoms with Crippen molar-refractivity contribution in [3.05, 3.63) is 24.5 Å². The summed E-state index contributed by atoms with van der Waals surface area (Å²) >= 11 is 0. The Morgan fingerprint density at radius 1 is 1.54 bits per heavy atom. The van der Waals surface area contributed by atoms with E-state index in [1.54, 1.807) is 6.20 Å². The van der Waals surface area contributed by atoms with E-state index in [-0.39, 0.29) is 0 Å². The lowest BCUT2D eigenvalue weighted by molar-refractivity contribution is 0.578. The molecular weight excluding hydrogens is 162 g/mol. The first kappa shape index (κ1) is 8.51. The fourth-order valence-electron chi connectivity index (χ4n) is 1.40. The first-order chi connectivity index (χ1) is 6.35. The van der Waals surface area contributed by atoms with Gasteiger partial charge in [0, 0.05) is 24.5 Å². The first-order valence-electron chi connectivity index (χ1n) is 4.67. The monoisotopic (exact) mass is 177 g/mol. The second-order valence-electron chi connectivity index (χ2n) is 3.63. The van der Waals surface area contributed by atoms with E-state index in [2.05, 4.69) is 15.6 Å². The van der Waals surface area contributed by atoms with Crippen molar-refractivity contribution in [2.24, 2.45) is 0 Å². The summed E-state index contributed by atoms with van der Waals surface area (Å²) in [4.78, 5) is 4.05. The van der Waals surface area contributed by atoms with Crippen LogP contribution in [0.2, 0.25) is 0 Å². The normalized spacial score (nSPS) is 18.2. The molecule has 1 fully saturated rings. The van der Waals surface area contributed by atoms with Crippen molar-refractivity contribution >= 4 is 5.69 Å². The van der Waals surface area contributed by atoms with Crippen LogP contribution in [0.5, 0.6) is 0 Å². The highest BCUT2D eigenvalue weighted by atomic mass is 15.1. The summed E-state index contributed by atoms with van der Waals surface area (Å²) in [6, 6.07) is 3.99. The zero-order valence-corrected chi connectivity index (χ0v) is 7.88. The van der Waals surface area contributed by atoms with Gasteiger partial charge in [0.05, 0.1) is 5.69 Å². The molecule has 13 heavy (non-hydrogen) atoms. The van der Waals surface area contributed by atoms with Crippen molar-refractivity contribution in [3.63, 3.8) is 0 Å². The minimum atomic E-state index is 0.357. The van der Waals surface area contributed by atoms with Crippen LogP contribution in [0, 0.1) is 0 Å². The van der Waals surface area contributed by atoms with E-state index < -0.39 is 0 Å². The van der Waals surface area contributed by atoms with Gasteiger partial charge in [0.15, 0.2) is 0 Å². The van der Waals surface area contributed by atoms with Gasteiger partial charge in [-0.2, -0.15) is 0 Å². The van der Waals surface area contributed by atoms with Gasteiger partial charge in [0.2, 0.25) is 0 Å². The molecule has 1 saturated carbocycles. The highest BCUT2D eigenvalue weighted by molar-refractivity contribution is 5.40. The van der Waals surface area contributed by atoms with Crippen LogP contribution in [0.4, 0.5) is 5.69 Å². The van der Waals surface area contributed by atoms with E-state index in [0.717, 1.165) is 12.2 Å². The fourth-order valence-corrected chi connectivity index (χ4v) is 1.40. The Kier molecular flexibility index (Phi) is 2.19. The van der Waals surface area contributed by atoms with Crippen LogP contribution in [0.15, 0.2) is 24.5 Å². The molecule has 1 heterocycles. The van der Waals surface area contributed by atoms with E-state index in [1.165, 1.54) is 12.8 Å². The quantitative estimate of drug-likeness (QED) is 0.726. The van der Waals surface area contributed by atoms with Gasteiger partial charge in [0.25, 0.3) is 0 Å².